The number of nitrogens with zero attached hydrogens (tertiary/aromatic N) is 2. The fourth-order valence-corrected chi connectivity index (χ4v) is 10.9. The second-order valence-corrected chi connectivity index (χ2v) is 18.0. The van der Waals surface area contributed by atoms with E-state index in [0.717, 1.165) is 25.9 Å². The Kier molecular flexibility index (Phi) is 8.90. The molecule has 0 saturated heterocycles. The first-order valence-corrected chi connectivity index (χ1v) is 22.0. The SMILES string of the molecule is C=C1/C=C\C=C/CN(c2ccc3c(c2)C(C)(C)c2cc(/C=C/c4cc5c6ccccc6c(N6c7ccccc7Sc7ccccc76)cc5c5ccccc45)ccc2-3)CCC1. The Morgan fingerprint density at radius 1 is 0.583 bits per heavy atom. The first kappa shape index (κ1) is 36.5. The minimum Gasteiger partial charge on any atom is -0.368 e. The third-order valence-corrected chi connectivity index (χ3v) is 14.0. The molecule has 0 aromatic heterocycles. The van der Waals surface area contributed by atoms with Gasteiger partial charge in [0.05, 0.1) is 17.1 Å². The Hall–Kier alpha value is -6.55. The van der Waals surface area contributed by atoms with Gasteiger partial charge in [-0.3, -0.25) is 0 Å². The normalized spacial score (nSPS) is 16.8. The second kappa shape index (κ2) is 14.6. The maximum atomic E-state index is 4.23. The average molecular weight is 791 g/mol. The standard InChI is InChI=1S/C57H46N2S/c1-38-16-5-4-14-32-58(33-15-17-38)41-29-31-46-45-30-27-39(34-50(45)57(2,3)51(46)36-41)26-28-40-35-48-44-20-8-9-21-47(44)54(37-49(48)43-19-7-6-18-42(40)43)59-52-22-10-12-24-55(52)60-56-25-13-11-23-53(56)59/h4-14,16,18-31,34-37H,1,15,17,32-33H2,2-3H3/b14-4-,16-5-,28-26+. The number of hydrogen-bond acceptors (Lipinski definition) is 3. The molecule has 0 atom stereocenters. The summed E-state index contributed by atoms with van der Waals surface area (Å²) in [4.78, 5) is 7.53. The topological polar surface area (TPSA) is 6.48 Å². The number of benzene rings is 8. The van der Waals surface area contributed by atoms with E-state index in [1.807, 2.05) is 11.8 Å². The Morgan fingerprint density at radius 2 is 1.22 bits per heavy atom. The fourth-order valence-electron chi connectivity index (χ4n) is 9.84. The van der Waals surface area contributed by atoms with Gasteiger partial charge in [0.15, 0.2) is 0 Å². The minimum absolute atomic E-state index is 0.116. The lowest BCUT2D eigenvalue weighted by atomic mass is 9.81. The van der Waals surface area contributed by atoms with Gasteiger partial charge >= 0.3 is 0 Å². The maximum Gasteiger partial charge on any atom is 0.0601 e. The zero-order valence-electron chi connectivity index (χ0n) is 34.2. The number of rotatable bonds is 4. The van der Waals surface area contributed by atoms with Crippen LogP contribution < -0.4 is 9.80 Å². The second-order valence-electron chi connectivity index (χ2n) is 16.9. The van der Waals surface area contributed by atoms with Gasteiger partial charge in [-0.1, -0.05) is 171 Å². The molecule has 8 aromatic carbocycles. The van der Waals surface area contributed by atoms with Gasteiger partial charge in [-0.15, -0.1) is 0 Å². The van der Waals surface area contributed by atoms with Crippen LogP contribution in [-0.4, -0.2) is 13.1 Å². The van der Waals surface area contributed by atoms with Crippen molar-refractivity contribution in [2.45, 2.75) is 41.9 Å². The van der Waals surface area contributed by atoms with Crippen molar-refractivity contribution in [2.24, 2.45) is 0 Å². The van der Waals surface area contributed by atoms with Gasteiger partial charge < -0.3 is 9.80 Å². The molecule has 1 aliphatic carbocycles. The van der Waals surface area contributed by atoms with Crippen LogP contribution in [0.3, 0.4) is 0 Å². The van der Waals surface area contributed by atoms with Crippen molar-refractivity contribution in [3.63, 3.8) is 0 Å². The van der Waals surface area contributed by atoms with E-state index in [9.17, 15) is 0 Å². The van der Waals surface area contributed by atoms with Crippen LogP contribution >= 0.6 is 11.8 Å². The molecule has 0 spiro atoms. The highest BCUT2D eigenvalue weighted by Gasteiger charge is 2.36. The molecule has 2 aliphatic heterocycles. The van der Waals surface area contributed by atoms with Crippen molar-refractivity contribution < 1.29 is 0 Å². The first-order chi connectivity index (χ1) is 29.4. The van der Waals surface area contributed by atoms with Crippen molar-refractivity contribution in [2.75, 3.05) is 22.9 Å². The van der Waals surface area contributed by atoms with Crippen LogP contribution in [0, 0.1) is 0 Å². The molecule has 2 heterocycles. The Bertz CT molecular complexity index is 3100. The van der Waals surface area contributed by atoms with E-state index < -0.39 is 0 Å². The highest BCUT2D eigenvalue weighted by molar-refractivity contribution is 7.99. The van der Waals surface area contributed by atoms with E-state index in [4.69, 9.17) is 0 Å². The summed E-state index contributed by atoms with van der Waals surface area (Å²) in [6, 6.07) is 54.5. The van der Waals surface area contributed by atoms with Crippen LogP contribution in [0.25, 0.3) is 55.6 Å². The molecule has 60 heavy (non-hydrogen) atoms. The lowest BCUT2D eigenvalue weighted by molar-refractivity contribution is 0.659. The van der Waals surface area contributed by atoms with Gasteiger partial charge in [-0.2, -0.15) is 0 Å². The minimum atomic E-state index is -0.116. The summed E-state index contributed by atoms with van der Waals surface area (Å²) in [6.07, 6.45) is 15.4. The molecular formula is C57H46N2S. The van der Waals surface area contributed by atoms with Crippen molar-refractivity contribution >= 4 is 79.0 Å². The van der Waals surface area contributed by atoms with Crippen LogP contribution in [0.5, 0.6) is 0 Å². The molecule has 0 amide bonds. The summed E-state index contributed by atoms with van der Waals surface area (Å²) in [5, 5.41) is 7.55. The molecule has 0 fully saturated rings. The molecule has 0 N–H and O–H groups in total. The number of hydrogen-bond donors (Lipinski definition) is 0. The quantitative estimate of drug-likeness (QED) is 0.129. The zero-order chi connectivity index (χ0) is 40.4. The summed E-state index contributed by atoms with van der Waals surface area (Å²) in [5.74, 6) is 0. The predicted molar refractivity (Wildman–Crippen MR) is 260 cm³/mol. The zero-order valence-corrected chi connectivity index (χ0v) is 35.0. The highest BCUT2D eigenvalue weighted by Crippen LogP contribution is 2.54. The molecule has 3 heteroatoms. The van der Waals surface area contributed by atoms with Gasteiger partial charge in [0.2, 0.25) is 0 Å². The summed E-state index contributed by atoms with van der Waals surface area (Å²) in [5.41, 5.74) is 13.9. The summed E-state index contributed by atoms with van der Waals surface area (Å²) < 4.78 is 0. The molecule has 2 nitrogen and oxygen atoms in total. The number of anilines is 4. The van der Waals surface area contributed by atoms with E-state index in [1.165, 1.54) is 104 Å². The molecule has 11 rings (SSSR count). The van der Waals surface area contributed by atoms with Crippen LogP contribution in [0.1, 0.15) is 48.9 Å². The lowest BCUT2D eigenvalue weighted by Gasteiger charge is -2.34. The Labute approximate surface area is 357 Å². The van der Waals surface area contributed by atoms with Crippen molar-refractivity contribution in [3.05, 3.63) is 204 Å². The number of fused-ring (bicyclic) bond motifs is 10. The molecule has 8 aromatic rings. The van der Waals surface area contributed by atoms with Crippen molar-refractivity contribution in [1.82, 2.24) is 0 Å². The van der Waals surface area contributed by atoms with Gasteiger partial charge in [0.25, 0.3) is 0 Å². The third-order valence-electron chi connectivity index (χ3n) is 12.9. The molecule has 3 aliphatic rings. The van der Waals surface area contributed by atoms with E-state index in [-0.39, 0.29) is 5.41 Å². The largest absolute Gasteiger partial charge is 0.368 e. The predicted octanol–water partition coefficient (Wildman–Crippen LogP) is 15.8. The Morgan fingerprint density at radius 3 is 1.98 bits per heavy atom. The van der Waals surface area contributed by atoms with E-state index in [2.05, 4.69) is 212 Å². The maximum absolute atomic E-state index is 4.23. The monoisotopic (exact) mass is 790 g/mol. The lowest BCUT2D eigenvalue weighted by Crippen LogP contribution is -2.25. The molecular weight excluding hydrogens is 745 g/mol. The Balaban J connectivity index is 0.981. The summed E-state index contributed by atoms with van der Waals surface area (Å²) >= 11 is 1.85. The van der Waals surface area contributed by atoms with Crippen molar-refractivity contribution in [3.8, 4) is 11.1 Å². The summed E-state index contributed by atoms with van der Waals surface area (Å²) in [6.45, 7) is 10.9. The van der Waals surface area contributed by atoms with Gasteiger partial charge in [0, 0.05) is 39.4 Å². The van der Waals surface area contributed by atoms with Crippen molar-refractivity contribution in [1.29, 1.82) is 0 Å². The molecule has 0 bridgehead atoms. The van der Waals surface area contributed by atoms with E-state index in [1.54, 1.807) is 0 Å². The summed E-state index contributed by atoms with van der Waals surface area (Å²) in [7, 11) is 0. The average Bonchev–Trinajstić information content (AvgIpc) is 3.51. The van der Waals surface area contributed by atoms with Crippen LogP contribution in [0.2, 0.25) is 0 Å². The van der Waals surface area contributed by atoms with Gasteiger partial charge in [0.1, 0.15) is 0 Å². The molecule has 0 unspecified atom stereocenters. The number of allylic oxidation sites excluding steroid dienone is 4. The van der Waals surface area contributed by atoms with Crippen LogP contribution in [0.4, 0.5) is 22.7 Å². The number of para-hydroxylation sites is 2. The van der Waals surface area contributed by atoms with Gasteiger partial charge in [-0.05, 0) is 122 Å². The fraction of sp³-hybridized carbons (Fsp3) is 0.123. The molecule has 290 valence electrons. The van der Waals surface area contributed by atoms with E-state index >= 15 is 0 Å². The first-order valence-electron chi connectivity index (χ1n) is 21.2. The smallest absolute Gasteiger partial charge is 0.0601 e. The molecule has 0 radical (unpaired) electrons. The van der Waals surface area contributed by atoms with Crippen LogP contribution in [0.15, 0.2) is 192 Å². The van der Waals surface area contributed by atoms with Crippen LogP contribution in [-0.2, 0) is 5.41 Å². The van der Waals surface area contributed by atoms with E-state index in [0.29, 0.717) is 0 Å². The molecule has 0 saturated carbocycles. The highest BCUT2D eigenvalue weighted by atomic mass is 32.2. The third kappa shape index (κ3) is 6.11. The van der Waals surface area contributed by atoms with Gasteiger partial charge in [-0.25, -0.2) is 0 Å².